The second-order valence-electron chi connectivity index (χ2n) is 4.71. The molecule has 0 N–H and O–H groups in total. The molecule has 1 aliphatic carbocycles. The van der Waals surface area contributed by atoms with E-state index in [-0.39, 0.29) is 0 Å². The minimum Gasteiger partial charge on any atom is -0.0651 e. The lowest BCUT2D eigenvalue weighted by atomic mass is 9.92. The van der Waals surface area contributed by atoms with Crippen LogP contribution in [0.5, 0.6) is 0 Å². The maximum Gasteiger partial charge on any atom is -0.0292 e. The molecule has 0 amide bonds. The van der Waals surface area contributed by atoms with Gasteiger partial charge in [0.15, 0.2) is 0 Å². The lowest BCUT2D eigenvalue weighted by Gasteiger charge is -2.13. The molecule has 2 unspecified atom stereocenters. The maximum atomic E-state index is 2.42. The molecule has 0 spiro atoms. The first kappa shape index (κ1) is 9.09. The van der Waals surface area contributed by atoms with Crippen molar-refractivity contribution in [2.24, 2.45) is 23.2 Å². The van der Waals surface area contributed by atoms with Crippen LogP contribution in [0.15, 0.2) is 0 Å². The van der Waals surface area contributed by atoms with Crippen LogP contribution in [0.4, 0.5) is 0 Å². The molecule has 0 bridgehead atoms. The Morgan fingerprint density at radius 3 is 1.64 bits per heavy atom. The van der Waals surface area contributed by atoms with Crippen LogP contribution >= 0.6 is 0 Å². The van der Waals surface area contributed by atoms with Crippen molar-refractivity contribution in [2.45, 2.75) is 47.5 Å². The Morgan fingerprint density at radius 2 is 1.55 bits per heavy atom. The fourth-order valence-electron chi connectivity index (χ4n) is 2.75. The van der Waals surface area contributed by atoms with E-state index in [4.69, 9.17) is 0 Å². The second kappa shape index (κ2) is 2.80. The van der Waals surface area contributed by atoms with E-state index in [1.807, 2.05) is 0 Å². The number of hydrogen-bond donors (Lipinski definition) is 0. The van der Waals surface area contributed by atoms with Gasteiger partial charge >= 0.3 is 0 Å². The predicted molar refractivity (Wildman–Crippen MR) is 50.5 cm³/mol. The zero-order valence-corrected chi connectivity index (χ0v) is 8.65. The summed E-state index contributed by atoms with van der Waals surface area (Å²) < 4.78 is 0. The van der Waals surface area contributed by atoms with Crippen LogP contribution < -0.4 is 0 Å². The Hall–Kier alpha value is 0. The maximum absolute atomic E-state index is 2.42. The summed E-state index contributed by atoms with van der Waals surface area (Å²) in [5, 5.41) is 0. The molecule has 1 fully saturated rings. The van der Waals surface area contributed by atoms with Crippen LogP contribution in [-0.2, 0) is 0 Å². The van der Waals surface area contributed by atoms with E-state index in [1.165, 1.54) is 12.8 Å². The van der Waals surface area contributed by atoms with Gasteiger partial charge in [-0.3, -0.25) is 0 Å². The van der Waals surface area contributed by atoms with Gasteiger partial charge in [-0.1, -0.05) is 47.5 Å². The summed E-state index contributed by atoms with van der Waals surface area (Å²) in [6.45, 7) is 11.9. The highest BCUT2D eigenvalue weighted by molar-refractivity contribution is 5.04. The highest BCUT2D eigenvalue weighted by Gasteiger charge is 2.56. The molecule has 0 radical (unpaired) electrons. The predicted octanol–water partition coefficient (Wildman–Crippen LogP) is 3.71. The molecule has 0 nitrogen and oxygen atoms in total. The first-order valence-corrected chi connectivity index (χ1v) is 5.05. The van der Waals surface area contributed by atoms with Crippen molar-refractivity contribution in [3.63, 3.8) is 0 Å². The van der Waals surface area contributed by atoms with Gasteiger partial charge in [-0.05, 0) is 23.2 Å². The number of rotatable bonds is 3. The summed E-state index contributed by atoms with van der Waals surface area (Å²) in [4.78, 5) is 0. The average Bonchev–Trinajstić information content (AvgIpc) is 2.41. The van der Waals surface area contributed by atoms with Crippen molar-refractivity contribution in [3.8, 4) is 0 Å². The molecule has 66 valence electrons. The molecule has 0 aromatic rings. The van der Waals surface area contributed by atoms with Gasteiger partial charge in [-0.15, -0.1) is 0 Å². The summed E-state index contributed by atoms with van der Waals surface area (Å²) in [6, 6.07) is 0. The van der Waals surface area contributed by atoms with Crippen LogP contribution in [0, 0.1) is 23.2 Å². The molecule has 11 heavy (non-hydrogen) atoms. The van der Waals surface area contributed by atoms with E-state index in [0.29, 0.717) is 5.41 Å². The van der Waals surface area contributed by atoms with Crippen LogP contribution in [0.1, 0.15) is 47.5 Å². The Balaban J connectivity index is 2.51. The highest BCUT2D eigenvalue weighted by Crippen LogP contribution is 2.62. The fraction of sp³-hybridized carbons (Fsp3) is 1.00. The van der Waals surface area contributed by atoms with Gasteiger partial charge in [0.25, 0.3) is 0 Å². The molecule has 0 aromatic carbocycles. The minimum atomic E-state index is 0.649. The Bertz CT molecular complexity index is 131. The summed E-state index contributed by atoms with van der Waals surface area (Å²) in [5.74, 6) is 2.96. The smallest absolute Gasteiger partial charge is 0.0292 e. The SMILES string of the molecule is CCC(CC)C1C(C)C1(C)C. The standard InChI is InChI=1S/C11H22/c1-6-9(7-2)10-8(3)11(10,4)5/h8-10H,6-7H2,1-5H3. The molecule has 1 aliphatic rings. The molecule has 0 heterocycles. The molecule has 1 rings (SSSR count). The van der Waals surface area contributed by atoms with Gasteiger partial charge in [-0.25, -0.2) is 0 Å². The molecule has 2 atom stereocenters. The van der Waals surface area contributed by atoms with Crippen molar-refractivity contribution in [1.82, 2.24) is 0 Å². The molecule has 0 heteroatoms. The average molecular weight is 154 g/mol. The van der Waals surface area contributed by atoms with Gasteiger partial charge < -0.3 is 0 Å². The van der Waals surface area contributed by atoms with Crippen molar-refractivity contribution >= 4 is 0 Å². The lowest BCUT2D eigenvalue weighted by molar-refractivity contribution is 0.370. The van der Waals surface area contributed by atoms with Crippen LogP contribution in [0.2, 0.25) is 0 Å². The van der Waals surface area contributed by atoms with Crippen molar-refractivity contribution in [3.05, 3.63) is 0 Å². The van der Waals surface area contributed by atoms with Gasteiger partial charge in [0.2, 0.25) is 0 Å². The van der Waals surface area contributed by atoms with E-state index in [2.05, 4.69) is 34.6 Å². The topological polar surface area (TPSA) is 0 Å². The quantitative estimate of drug-likeness (QED) is 0.581. The van der Waals surface area contributed by atoms with Crippen LogP contribution in [0.3, 0.4) is 0 Å². The monoisotopic (exact) mass is 154 g/mol. The van der Waals surface area contributed by atoms with E-state index >= 15 is 0 Å². The zero-order valence-electron chi connectivity index (χ0n) is 8.65. The third-order valence-electron chi connectivity index (χ3n) is 4.02. The summed E-state index contributed by atoms with van der Waals surface area (Å²) in [7, 11) is 0. The molecule has 0 aromatic heterocycles. The molecule has 1 saturated carbocycles. The van der Waals surface area contributed by atoms with Crippen LogP contribution in [0.25, 0.3) is 0 Å². The largest absolute Gasteiger partial charge is 0.0651 e. The lowest BCUT2D eigenvalue weighted by Crippen LogP contribution is -2.04. The second-order valence-corrected chi connectivity index (χ2v) is 4.71. The van der Waals surface area contributed by atoms with E-state index < -0.39 is 0 Å². The third kappa shape index (κ3) is 1.32. The van der Waals surface area contributed by atoms with Gasteiger partial charge in [0.05, 0.1) is 0 Å². The van der Waals surface area contributed by atoms with E-state index in [1.54, 1.807) is 0 Å². The molecule has 0 aliphatic heterocycles. The minimum absolute atomic E-state index is 0.649. The van der Waals surface area contributed by atoms with Gasteiger partial charge in [-0.2, -0.15) is 0 Å². The summed E-state index contributed by atoms with van der Waals surface area (Å²) >= 11 is 0. The zero-order chi connectivity index (χ0) is 8.65. The third-order valence-corrected chi connectivity index (χ3v) is 4.02. The fourth-order valence-corrected chi connectivity index (χ4v) is 2.75. The van der Waals surface area contributed by atoms with E-state index in [9.17, 15) is 0 Å². The Kier molecular flexibility index (Phi) is 2.32. The van der Waals surface area contributed by atoms with Crippen molar-refractivity contribution in [1.29, 1.82) is 0 Å². The highest BCUT2D eigenvalue weighted by atomic mass is 14.6. The first-order valence-electron chi connectivity index (χ1n) is 5.05. The van der Waals surface area contributed by atoms with Crippen LogP contribution in [-0.4, -0.2) is 0 Å². The Labute approximate surface area is 71.4 Å². The summed E-state index contributed by atoms with van der Waals surface area (Å²) in [5.41, 5.74) is 0.649. The number of hydrogen-bond acceptors (Lipinski definition) is 0. The molecular formula is C11H22. The van der Waals surface area contributed by atoms with Gasteiger partial charge in [0.1, 0.15) is 0 Å². The van der Waals surface area contributed by atoms with E-state index in [0.717, 1.165) is 17.8 Å². The normalized spacial score (nSPS) is 34.4. The van der Waals surface area contributed by atoms with Gasteiger partial charge in [0, 0.05) is 0 Å². The first-order chi connectivity index (χ1) is 5.05. The summed E-state index contributed by atoms with van der Waals surface area (Å²) in [6.07, 6.45) is 2.74. The Morgan fingerprint density at radius 1 is 1.18 bits per heavy atom. The molecule has 0 saturated heterocycles. The van der Waals surface area contributed by atoms with Crippen molar-refractivity contribution in [2.75, 3.05) is 0 Å². The van der Waals surface area contributed by atoms with Crippen molar-refractivity contribution < 1.29 is 0 Å². The molecular weight excluding hydrogens is 132 g/mol.